The van der Waals surface area contributed by atoms with E-state index >= 15 is 0 Å². The number of aromatic nitrogens is 1. The maximum atomic E-state index is 12.8. The molecule has 0 spiro atoms. The molecular formula is C17H23N3OS2. The molecule has 0 N–H and O–H groups in total. The van der Waals surface area contributed by atoms with Crippen LogP contribution in [0.4, 0.5) is 5.13 Å². The van der Waals surface area contributed by atoms with Gasteiger partial charge in [-0.25, -0.2) is 4.98 Å². The average molecular weight is 350 g/mol. The summed E-state index contributed by atoms with van der Waals surface area (Å²) in [4.78, 5) is 23.7. The van der Waals surface area contributed by atoms with Crippen molar-refractivity contribution in [2.45, 2.75) is 33.1 Å². The van der Waals surface area contributed by atoms with E-state index in [1.807, 2.05) is 16.5 Å². The Bertz CT molecular complexity index is 643. The van der Waals surface area contributed by atoms with E-state index in [4.69, 9.17) is 0 Å². The Hall–Kier alpha value is -1.40. The van der Waals surface area contributed by atoms with E-state index in [-0.39, 0.29) is 5.91 Å². The standard InChI is InChI=1S/C17H23N3OS2/c1-3-5-14-13(4-2)12-15(23-14)16(21)19-7-9-20(10-8-19)17-18-6-11-22-17/h6,11-12H,3-5,7-10H2,1-2H3. The number of carbonyl (C=O) groups excluding carboxylic acids is 1. The van der Waals surface area contributed by atoms with Crippen LogP contribution in [0, 0.1) is 0 Å². The minimum atomic E-state index is 0.200. The molecule has 1 saturated heterocycles. The highest BCUT2D eigenvalue weighted by molar-refractivity contribution is 7.14. The maximum absolute atomic E-state index is 12.8. The van der Waals surface area contributed by atoms with Gasteiger partial charge in [-0.2, -0.15) is 0 Å². The van der Waals surface area contributed by atoms with Gasteiger partial charge < -0.3 is 9.80 Å². The SMILES string of the molecule is CCCc1sc(C(=O)N2CCN(c3nccs3)CC2)cc1CC. The van der Waals surface area contributed by atoms with Crippen molar-refractivity contribution in [3.05, 3.63) is 33.0 Å². The molecule has 0 atom stereocenters. The van der Waals surface area contributed by atoms with Gasteiger partial charge in [0.25, 0.3) is 5.91 Å². The predicted octanol–water partition coefficient (Wildman–Crippen LogP) is 3.68. The van der Waals surface area contributed by atoms with Crippen LogP contribution < -0.4 is 4.90 Å². The third-order valence-electron chi connectivity index (χ3n) is 4.22. The largest absolute Gasteiger partial charge is 0.345 e. The number of rotatable bonds is 5. The van der Waals surface area contributed by atoms with Gasteiger partial charge in [0.2, 0.25) is 0 Å². The van der Waals surface area contributed by atoms with Crippen molar-refractivity contribution in [2.24, 2.45) is 0 Å². The number of carbonyl (C=O) groups is 1. The summed E-state index contributed by atoms with van der Waals surface area (Å²) >= 11 is 3.36. The molecule has 0 radical (unpaired) electrons. The van der Waals surface area contributed by atoms with Crippen LogP contribution in [0.15, 0.2) is 17.6 Å². The minimum Gasteiger partial charge on any atom is -0.345 e. The molecule has 2 aromatic heterocycles. The lowest BCUT2D eigenvalue weighted by Crippen LogP contribution is -2.48. The molecule has 2 aromatic rings. The Morgan fingerprint density at radius 1 is 1.26 bits per heavy atom. The van der Waals surface area contributed by atoms with E-state index in [0.29, 0.717) is 0 Å². The summed E-state index contributed by atoms with van der Waals surface area (Å²) in [6.07, 6.45) is 5.06. The zero-order chi connectivity index (χ0) is 16.2. The Morgan fingerprint density at radius 2 is 2.04 bits per heavy atom. The van der Waals surface area contributed by atoms with Gasteiger partial charge >= 0.3 is 0 Å². The quantitative estimate of drug-likeness (QED) is 0.826. The number of aryl methyl sites for hydroxylation is 2. The molecule has 0 unspecified atom stereocenters. The van der Waals surface area contributed by atoms with Crippen molar-refractivity contribution in [3.63, 3.8) is 0 Å². The number of anilines is 1. The minimum absolute atomic E-state index is 0.200. The summed E-state index contributed by atoms with van der Waals surface area (Å²) in [6.45, 7) is 7.66. The third-order valence-corrected chi connectivity index (χ3v) is 6.28. The molecule has 1 amide bonds. The summed E-state index contributed by atoms with van der Waals surface area (Å²) in [5.74, 6) is 0.200. The van der Waals surface area contributed by atoms with Crippen LogP contribution in [0.1, 0.15) is 40.4 Å². The molecular weight excluding hydrogens is 326 g/mol. The molecule has 0 saturated carbocycles. The van der Waals surface area contributed by atoms with Crippen LogP contribution in [0.2, 0.25) is 0 Å². The normalized spacial score (nSPS) is 15.2. The van der Waals surface area contributed by atoms with Gasteiger partial charge in [-0.15, -0.1) is 22.7 Å². The lowest BCUT2D eigenvalue weighted by atomic mass is 10.1. The first-order chi connectivity index (χ1) is 11.2. The van der Waals surface area contributed by atoms with E-state index in [1.165, 1.54) is 10.4 Å². The van der Waals surface area contributed by atoms with Gasteiger partial charge in [-0.3, -0.25) is 4.79 Å². The highest BCUT2D eigenvalue weighted by Gasteiger charge is 2.25. The highest BCUT2D eigenvalue weighted by Crippen LogP contribution is 2.26. The number of hydrogen-bond donors (Lipinski definition) is 0. The third kappa shape index (κ3) is 3.58. The molecule has 0 aliphatic carbocycles. The summed E-state index contributed by atoms with van der Waals surface area (Å²) in [5, 5.41) is 3.06. The van der Waals surface area contributed by atoms with Crippen LogP contribution in [-0.4, -0.2) is 42.0 Å². The van der Waals surface area contributed by atoms with Gasteiger partial charge in [0.1, 0.15) is 0 Å². The first-order valence-electron chi connectivity index (χ1n) is 8.28. The Morgan fingerprint density at radius 3 is 2.65 bits per heavy atom. The smallest absolute Gasteiger partial charge is 0.264 e. The van der Waals surface area contributed by atoms with Crippen molar-refractivity contribution in [3.8, 4) is 0 Å². The fraction of sp³-hybridized carbons (Fsp3) is 0.529. The number of hydrogen-bond acceptors (Lipinski definition) is 5. The molecule has 0 aromatic carbocycles. The molecule has 1 aliphatic heterocycles. The van der Waals surface area contributed by atoms with Gasteiger partial charge in [-0.05, 0) is 24.5 Å². The van der Waals surface area contributed by atoms with Gasteiger partial charge in [0.15, 0.2) is 5.13 Å². The van der Waals surface area contributed by atoms with Crippen LogP contribution in [-0.2, 0) is 12.8 Å². The molecule has 23 heavy (non-hydrogen) atoms. The average Bonchev–Trinajstić information content (AvgIpc) is 3.24. The monoisotopic (exact) mass is 349 g/mol. The van der Waals surface area contributed by atoms with Crippen LogP contribution >= 0.6 is 22.7 Å². The lowest BCUT2D eigenvalue weighted by molar-refractivity contribution is 0.0751. The lowest BCUT2D eigenvalue weighted by Gasteiger charge is -2.34. The van der Waals surface area contributed by atoms with E-state index in [9.17, 15) is 4.79 Å². The molecule has 124 valence electrons. The molecule has 3 heterocycles. The Kier molecular flexibility index (Phi) is 5.33. The van der Waals surface area contributed by atoms with Gasteiger partial charge in [-0.1, -0.05) is 20.3 Å². The summed E-state index contributed by atoms with van der Waals surface area (Å²) < 4.78 is 0. The first-order valence-corrected chi connectivity index (χ1v) is 9.97. The van der Waals surface area contributed by atoms with Crippen molar-refractivity contribution >= 4 is 33.7 Å². The predicted molar refractivity (Wildman–Crippen MR) is 97.9 cm³/mol. The Labute approximate surface area is 145 Å². The number of nitrogens with zero attached hydrogens (tertiary/aromatic N) is 3. The molecule has 3 rings (SSSR count). The zero-order valence-electron chi connectivity index (χ0n) is 13.7. The van der Waals surface area contributed by atoms with E-state index < -0.39 is 0 Å². The van der Waals surface area contributed by atoms with Crippen LogP contribution in [0.3, 0.4) is 0 Å². The second-order valence-electron chi connectivity index (χ2n) is 5.76. The molecule has 6 heteroatoms. The summed E-state index contributed by atoms with van der Waals surface area (Å²) in [5.41, 5.74) is 1.35. The maximum Gasteiger partial charge on any atom is 0.264 e. The topological polar surface area (TPSA) is 36.4 Å². The van der Waals surface area contributed by atoms with Crippen LogP contribution in [0.25, 0.3) is 0 Å². The van der Waals surface area contributed by atoms with E-state index in [0.717, 1.165) is 55.5 Å². The van der Waals surface area contributed by atoms with Gasteiger partial charge in [0, 0.05) is 42.6 Å². The second-order valence-corrected chi connectivity index (χ2v) is 7.77. The molecule has 1 aliphatic rings. The number of thiophene rings is 1. The van der Waals surface area contributed by atoms with Crippen LogP contribution in [0.5, 0.6) is 0 Å². The Balaban J connectivity index is 1.65. The van der Waals surface area contributed by atoms with Crippen molar-refractivity contribution in [2.75, 3.05) is 31.1 Å². The fourth-order valence-electron chi connectivity index (χ4n) is 2.94. The first kappa shape index (κ1) is 16.5. The van der Waals surface area contributed by atoms with Crippen molar-refractivity contribution < 1.29 is 4.79 Å². The fourth-order valence-corrected chi connectivity index (χ4v) is 4.96. The van der Waals surface area contributed by atoms with E-state index in [2.05, 4.69) is 29.8 Å². The van der Waals surface area contributed by atoms with Crippen molar-refractivity contribution in [1.29, 1.82) is 0 Å². The number of amides is 1. The number of piperazine rings is 1. The van der Waals surface area contributed by atoms with Gasteiger partial charge in [0.05, 0.1) is 4.88 Å². The zero-order valence-corrected chi connectivity index (χ0v) is 15.4. The second kappa shape index (κ2) is 7.45. The van der Waals surface area contributed by atoms with E-state index in [1.54, 1.807) is 22.7 Å². The molecule has 1 fully saturated rings. The number of thiazole rings is 1. The molecule has 0 bridgehead atoms. The van der Waals surface area contributed by atoms with Crippen molar-refractivity contribution in [1.82, 2.24) is 9.88 Å². The summed E-state index contributed by atoms with van der Waals surface area (Å²) in [7, 11) is 0. The summed E-state index contributed by atoms with van der Waals surface area (Å²) in [6, 6.07) is 2.12. The highest BCUT2D eigenvalue weighted by atomic mass is 32.1. The molecule has 4 nitrogen and oxygen atoms in total.